The van der Waals surface area contributed by atoms with Crippen LogP contribution in [-0.2, 0) is 13.5 Å². The highest BCUT2D eigenvalue weighted by Crippen LogP contribution is 2.55. The highest BCUT2D eigenvalue weighted by molar-refractivity contribution is 6.20. The van der Waals surface area contributed by atoms with E-state index >= 15 is 0 Å². The predicted molar refractivity (Wildman–Crippen MR) is 172 cm³/mol. The van der Waals surface area contributed by atoms with Crippen LogP contribution in [0.3, 0.4) is 0 Å². The van der Waals surface area contributed by atoms with Crippen LogP contribution in [0.4, 0.5) is 0 Å². The van der Waals surface area contributed by atoms with Crippen LogP contribution in [0.15, 0.2) is 65.2 Å². The quantitative estimate of drug-likeness (QED) is 0.199. The van der Waals surface area contributed by atoms with Crippen LogP contribution in [-0.4, -0.2) is 0 Å². The van der Waals surface area contributed by atoms with Gasteiger partial charge in [-0.3, -0.25) is 0 Å². The lowest BCUT2D eigenvalue weighted by Crippen LogP contribution is -2.32. The van der Waals surface area contributed by atoms with Gasteiger partial charge in [-0.05, 0) is 89.8 Å². The third-order valence-corrected chi connectivity index (χ3v) is 10.7. The first-order chi connectivity index (χ1) is 20.2. The van der Waals surface area contributed by atoms with Crippen LogP contribution in [0, 0.1) is 24.2 Å². The summed E-state index contributed by atoms with van der Waals surface area (Å²) in [7, 11) is 2.16. The van der Waals surface area contributed by atoms with Crippen molar-refractivity contribution in [2.24, 2.45) is 24.3 Å². The predicted octanol–water partition coefficient (Wildman–Crippen LogP) is 10.3. The van der Waals surface area contributed by atoms with E-state index in [0.717, 1.165) is 57.1 Å². The average molecular weight is 553 g/mol. The zero-order valence-electron chi connectivity index (χ0n) is 25.3. The molecule has 42 heavy (non-hydrogen) atoms. The Balaban J connectivity index is 1.32. The van der Waals surface area contributed by atoms with Crippen LogP contribution in [0.5, 0.6) is 11.5 Å². The molecule has 3 atom stereocenters. The molecule has 3 nitrogen and oxygen atoms in total. The van der Waals surface area contributed by atoms with Crippen molar-refractivity contribution in [3.63, 3.8) is 0 Å². The minimum absolute atomic E-state index is 0.116. The van der Waals surface area contributed by atoms with Gasteiger partial charge in [-0.1, -0.05) is 63.6 Å². The highest BCUT2D eigenvalue weighted by Gasteiger charge is 2.40. The number of hydrogen-bond donors (Lipinski definition) is 0. The number of nitrogens with zero attached hydrogens (tertiary/aromatic N) is 1. The molecule has 3 heterocycles. The molecule has 3 heteroatoms. The molecular weight excluding hydrogens is 514 g/mol. The Kier molecular flexibility index (Phi) is 4.93. The summed E-state index contributed by atoms with van der Waals surface area (Å²) in [6.07, 6.45) is 8.72. The summed E-state index contributed by atoms with van der Waals surface area (Å²) in [4.78, 5) is 0. The molecule has 0 radical (unpaired) electrons. The summed E-state index contributed by atoms with van der Waals surface area (Å²) in [5, 5.41) is 7.20. The van der Waals surface area contributed by atoms with Crippen LogP contribution in [0.1, 0.15) is 69.1 Å². The number of benzene rings is 4. The molecule has 0 amide bonds. The molecule has 1 aliphatic heterocycles. The van der Waals surface area contributed by atoms with Gasteiger partial charge >= 0.3 is 0 Å². The van der Waals surface area contributed by atoms with E-state index < -0.39 is 0 Å². The van der Waals surface area contributed by atoms with Crippen molar-refractivity contribution < 1.29 is 13.7 Å². The third kappa shape index (κ3) is 3.37. The average Bonchev–Trinajstić information content (AvgIpc) is 3.70. The van der Waals surface area contributed by atoms with Gasteiger partial charge in [0.05, 0.1) is 5.56 Å². The molecule has 3 unspecified atom stereocenters. The highest BCUT2D eigenvalue weighted by atomic mass is 16.5. The van der Waals surface area contributed by atoms with Crippen molar-refractivity contribution in [1.82, 2.24) is 0 Å². The Morgan fingerprint density at radius 3 is 2.48 bits per heavy atom. The van der Waals surface area contributed by atoms with Crippen molar-refractivity contribution in [1.29, 1.82) is 0 Å². The van der Waals surface area contributed by atoms with E-state index in [4.69, 9.17) is 9.15 Å². The molecule has 2 aromatic heterocycles. The van der Waals surface area contributed by atoms with Gasteiger partial charge in [-0.25, -0.2) is 4.57 Å². The summed E-state index contributed by atoms with van der Waals surface area (Å²) < 4.78 is 16.1. The summed E-state index contributed by atoms with van der Waals surface area (Å²) >= 11 is 0. The lowest BCUT2D eigenvalue weighted by atomic mass is 9.81. The molecule has 2 aliphatic carbocycles. The molecule has 2 fully saturated rings. The maximum absolute atomic E-state index is 7.08. The van der Waals surface area contributed by atoms with Gasteiger partial charge in [0.15, 0.2) is 6.20 Å². The van der Waals surface area contributed by atoms with Gasteiger partial charge < -0.3 is 9.15 Å². The van der Waals surface area contributed by atoms with E-state index in [-0.39, 0.29) is 5.41 Å². The largest absolute Gasteiger partial charge is 0.455 e. The Hall–Kier alpha value is -3.85. The molecule has 0 saturated heterocycles. The molecule has 3 aliphatic rings. The second kappa shape index (κ2) is 8.37. The molecule has 0 N–H and O–H groups in total. The van der Waals surface area contributed by atoms with E-state index in [2.05, 4.69) is 100 Å². The summed E-state index contributed by atoms with van der Waals surface area (Å²) in [6.45, 7) is 9.21. The second-order valence-electron chi connectivity index (χ2n) is 14.6. The number of furan rings is 1. The minimum atomic E-state index is 0.116. The molecule has 2 bridgehead atoms. The SMILES string of the molecule is Cc1c2c(c(CC(C)(C)C)c3ccccc13)Oc1cc3c4ccc(C5CC6CCC5C6)cc4oc3c3cc[n+](C)c-2c13. The number of aryl methyl sites for hydroxylation is 2. The van der Waals surface area contributed by atoms with Crippen LogP contribution in [0.2, 0.25) is 0 Å². The Morgan fingerprint density at radius 1 is 0.881 bits per heavy atom. The maximum atomic E-state index is 7.08. The maximum Gasteiger partial charge on any atom is 0.228 e. The Morgan fingerprint density at radius 2 is 1.71 bits per heavy atom. The van der Waals surface area contributed by atoms with Gasteiger partial charge in [0, 0.05) is 27.8 Å². The molecule has 2 saturated carbocycles. The number of pyridine rings is 1. The van der Waals surface area contributed by atoms with E-state index in [1.807, 2.05) is 0 Å². The standard InChI is InChI=1S/C39H38NO2/c1-21-25-8-6-7-9-26(25)31(20-39(2,3)4)38-34(21)36-35-28(14-15-40(36)5)37-30(19-33(35)42-38)27-13-12-24(18-32(27)41-37)29-17-22-10-11-23(29)16-22/h6-9,12-15,18-19,22-23,29H,10-11,16-17,20H2,1-5H3/q+1. The molecule has 9 rings (SSSR count). The topological polar surface area (TPSA) is 26.2 Å². The summed E-state index contributed by atoms with van der Waals surface area (Å²) in [5.41, 5.74) is 8.55. The number of fused-ring (bicyclic) bond motifs is 9. The molecule has 0 spiro atoms. The zero-order chi connectivity index (χ0) is 28.5. The zero-order valence-corrected chi connectivity index (χ0v) is 25.3. The van der Waals surface area contributed by atoms with Crippen molar-refractivity contribution >= 4 is 43.5 Å². The number of ether oxygens (including phenoxy) is 1. The third-order valence-electron chi connectivity index (χ3n) is 10.7. The first-order valence-corrected chi connectivity index (χ1v) is 15.8. The number of hydrogen-bond acceptors (Lipinski definition) is 2. The van der Waals surface area contributed by atoms with Crippen LogP contribution < -0.4 is 9.30 Å². The van der Waals surface area contributed by atoms with E-state index in [1.165, 1.54) is 69.8 Å². The lowest BCUT2D eigenvalue weighted by Gasteiger charge is -2.28. The lowest BCUT2D eigenvalue weighted by molar-refractivity contribution is -0.659. The Bertz CT molecular complexity index is 2130. The van der Waals surface area contributed by atoms with Crippen LogP contribution in [0.25, 0.3) is 54.7 Å². The van der Waals surface area contributed by atoms with Gasteiger partial charge in [-0.2, -0.15) is 0 Å². The van der Waals surface area contributed by atoms with Crippen molar-refractivity contribution in [2.45, 2.75) is 65.7 Å². The van der Waals surface area contributed by atoms with E-state index in [9.17, 15) is 0 Å². The fourth-order valence-corrected chi connectivity index (χ4v) is 8.90. The molecule has 210 valence electrons. The van der Waals surface area contributed by atoms with Gasteiger partial charge in [-0.15, -0.1) is 0 Å². The van der Waals surface area contributed by atoms with Gasteiger partial charge in [0.25, 0.3) is 0 Å². The van der Waals surface area contributed by atoms with Crippen LogP contribution >= 0.6 is 0 Å². The second-order valence-corrected chi connectivity index (χ2v) is 14.6. The fourth-order valence-electron chi connectivity index (χ4n) is 8.90. The van der Waals surface area contributed by atoms with Crippen molar-refractivity contribution in [3.05, 3.63) is 77.5 Å². The molecule has 4 aromatic carbocycles. The summed E-state index contributed by atoms with van der Waals surface area (Å²) in [6, 6.07) is 20.3. The monoisotopic (exact) mass is 552 g/mol. The molecular formula is C39H38NO2+. The van der Waals surface area contributed by atoms with Gasteiger partial charge in [0.2, 0.25) is 5.69 Å². The molecule has 6 aromatic rings. The van der Waals surface area contributed by atoms with E-state index in [0.29, 0.717) is 5.92 Å². The summed E-state index contributed by atoms with van der Waals surface area (Å²) in [5.74, 6) is 4.43. The first-order valence-electron chi connectivity index (χ1n) is 15.8. The van der Waals surface area contributed by atoms with E-state index in [1.54, 1.807) is 0 Å². The van der Waals surface area contributed by atoms with Gasteiger partial charge in [0.1, 0.15) is 35.1 Å². The first kappa shape index (κ1) is 24.7. The fraction of sp³-hybridized carbons (Fsp3) is 0.359. The normalized spacial score (nSPS) is 21.1. The smallest absolute Gasteiger partial charge is 0.228 e. The van der Waals surface area contributed by atoms with Crippen molar-refractivity contribution in [3.8, 4) is 22.8 Å². The number of rotatable bonds is 2. The Labute approximate surface area is 247 Å². The van der Waals surface area contributed by atoms with Crippen molar-refractivity contribution in [2.75, 3.05) is 0 Å². The minimum Gasteiger partial charge on any atom is -0.455 e. The number of aromatic nitrogens is 1.